The second kappa shape index (κ2) is 9.26. The maximum absolute atomic E-state index is 13.9. The van der Waals surface area contributed by atoms with Gasteiger partial charge in [0.1, 0.15) is 11.6 Å². The standard InChI is InChI=1S/C25H23F2N3O2/c1-16-22(14-29-25(32)21-7-2-3-8-23(21)27)20-9-10-30(15-18(20)13-28-16)24(31)12-17-5-4-6-19(26)11-17/h2-8,11,13H,9-10,12,14-15H2,1H3,(H,29,32). The summed E-state index contributed by atoms with van der Waals surface area (Å²) in [5, 5.41) is 2.78. The minimum absolute atomic E-state index is 0.00275. The number of nitrogens with zero attached hydrogens (tertiary/aromatic N) is 2. The second-order valence-electron chi connectivity index (χ2n) is 7.86. The number of hydrogen-bond acceptors (Lipinski definition) is 3. The highest BCUT2D eigenvalue weighted by atomic mass is 19.1. The molecule has 5 nitrogen and oxygen atoms in total. The van der Waals surface area contributed by atoms with Crippen LogP contribution in [0.5, 0.6) is 0 Å². The molecule has 0 unspecified atom stereocenters. The Kier molecular flexibility index (Phi) is 6.25. The Hall–Kier alpha value is -3.61. The molecular weight excluding hydrogens is 412 g/mol. The summed E-state index contributed by atoms with van der Waals surface area (Å²) in [6.07, 6.45) is 2.52. The van der Waals surface area contributed by atoms with E-state index in [1.165, 1.54) is 30.3 Å². The fraction of sp³-hybridized carbons (Fsp3) is 0.240. The maximum Gasteiger partial charge on any atom is 0.254 e. The van der Waals surface area contributed by atoms with Crippen molar-refractivity contribution in [2.24, 2.45) is 0 Å². The third kappa shape index (κ3) is 4.66. The van der Waals surface area contributed by atoms with Crippen molar-refractivity contribution in [1.82, 2.24) is 15.2 Å². The van der Waals surface area contributed by atoms with Crippen LogP contribution in [0, 0.1) is 18.6 Å². The third-order valence-corrected chi connectivity index (χ3v) is 5.74. The van der Waals surface area contributed by atoms with E-state index in [9.17, 15) is 18.4 Å². The number of hydrogen-bond donors (Lipinski definition) is 1. The van der Waals surface area contributed by atoms with Crippen molar-refractivity contribution >= 4 is 11.8 Å². The first-order chi connectivity index (χ1) is 15.4. The summed E-state index contributed by atoms with van der Waals surface area (Å²) in [4.78, 5) is 31.3. The predicted octanol–water partition coefficient (Wildman–Crippen LogP) is 3.73. The highest BCUT2D eigenvalue weighted by Gasteiger charge is 2.24. The van der Waals surface area contributed by atoms with Crippen molar-refractivity contribution < 1.29 is 18.4 Å². The molecule has 1 aromatic heterocycles. The van der Waals surface area contributed by atoms with Crippen LogP contribution in [0.25, 0.3) is 0 Å². The Morgan fingerprint density at radius 3 is 2.72 bits per heavy atom. The fourth-order valence-electron chi connectivity index (χ4n) is 4.01. The lowest BCUT2D eigenvalue weighted by molar-refractivity contribution is -0.131. The van der Waals surface area contributed by atoms with Crippen molar-refractivity contribution in [3.63, 3.8) is 0 Å². The molecule has 0 saturated carbocycles. The Bertz CT molecular complexity index is 1180. The van der Waals surface area contributed by atoms with E-state index in [-0.39, 0.29) is 30.3 Å². The smallest absolute Gasteiger partial charge is 0.254 e. The molecule has 2 amide bonds. The Morgan fingerprint density at radius 1 is 1.12 bits per heavy atom. The van der Waals surface area contributed by atoms with Gasteiger partial charge in [-0.05, 0) is 59.9 Å². The molecule has 1 aliphatic heterocycles. The van der Waals surface area contributed by atoms with Crippen LogP contribution in [0.3, 0.4) is 0 Å². The molecule has 2 aromatic carbocycles. The number of benzene rings is 2. The molecule has 0 atom stereocenters. The minimum Gasteiger partial charge on any atom is -0.348 e. The predicted molar refractivity (Wildman–Crippen MR) is 116 cm³/mol. The zero-order valence-electron chi connectivity index (χ0n) is 17.7. The highest BCUT2D eigenvalue weighted by Crippen LogP contribution is 2.24. The summed E-state index contributed by atoms with van der Waals surface area (Å²) in [6.45, 7) is 3.03. The van der Waals surface area contributed by atoms with Crippen LogP contribution >= 0.6 is 0 Å². The van der Waals surface area contributed by atoms with Crippen molar-refractivity contribution in [3.8, 4) is 0 Å². The van der Waals surface area contributed by atoms with Gasteiger partial charge in [-0.1, -0.05) is 24.3 Å². The summed E-state index contributed by atoms with van der Waals surface area (Å²) in [5.41, 5.74) is 4.30. The van der Waals surface area contributed by atoms with Crippen LogP contribution in [-0.2, 0) is 30.7 Å². The maximum atomic E-state index is 13.9. The van der Waals surface area contributed by atoms with Crippen molar-refractivity contribution in [2.45, 2.75) is 32.9 Å². The number of carbonyl (C=O) groups is 2. The van der Waals surface area contributed by atoms with E-state index in [1.54, 1.807) is 29.3 Å². The van der Waals surface area contributed by atoms with Gasteiger partial charge in [0.25, 0.3) is 5.91 Å². The van der Waals surface area contributed by atoms with Gasteiger partial charge >= 0.3 is 0 Å². The quantitative estimate of drug-likeness (QED) is 0.664. The lowest BCUT2D eigenvalue weighted by Crippen LogP contribution is -2.38. The zero-order chi connectivity index (χ0) is 22.7. The first-order valence-corrected chi connectivity index (χ1v) is 10.4. The molecule has 0 radical (unpaired) electrons. The summed E-state index contributed by atoms with van der Waals surface area (Å²) in [7, 11) is 0. The van der Waals surface area contributed by atoms with E-state index in [0.717, 1.165) is 22.4 Å². The van der Waals surface area contributed by atoms with Gasteiger partial charge in [-0.25, -0.2) is 8.78 Å². The number of halogens is 2. The summed E-state index contributed by atoms with van der Waals surface area (Å²) in [6, 6.07) is 11.9. The van der Waals surface area contributed by atoms with Crippen LogP contribution in [0.4, 0.5) is 8.78 Å². The number of rotatable bonds is 5. The van der Waals surface area contributed by atoms with Crippen LogP contribution in [0.15, 0.2) is 54.7 Å². The van der Waals surface area contributed by atoms with E-state index in [4.69, 9.17) is 0 Å². The van der Waals surface area contributed by atoms with Crippen molar-refractivity contribution in [1.29, 1.82) is 0 Å². The zero-order valence-corrected chi connectivity index (χ0v) is 17.7. The van der Waals surface area contributed by atoms with E-state index in [0.29, 0.717) is 25.1 Å². The van der Waals surface area contributed by atoms with Crippen LogP contribution < -0.4 is 5.32 Å². The first-order valence-electron chi connectivity index (χ1n) is 10.4. The van der Waals surface area contributed by atoms with Crippen molar-refractivity contribution in [2.75, 3.05) is 6.54 Å². The number of carbonyl (C=O) groups excluding carboxylic acids is 2. The van der Waals surface area contributed by atoms with Crippen LogP contribution in [-0.4, -0.2) is 28.2 Å². The lowest BCUT2D eigenvalue weighted by atomic mass is 9.94. The lowest BCUT2D eigenvalue weighted by Gasteiger charge is -2.30. The summed E-state index contributed by atoms with van der Waals surface area (Å²) >= 11 is 0. The SMILES string of the molecule is Cc1ncc2c(c1CNC(=O)c1ccccc1F)CCN(C(=O)Cc1cccc(F)c1)C2. The molecule has 2 heterocycles. The minimum atomic E-state index is -0.567. The molecule has 0 bridgehead atoms. The third-order valence-electron chi connectivity index (χ3n) is 5.74. The van der Waals surface area contributed by atoms with Gasteiger partial charge in [-0.15, -0.1) is 0 Å². The van der Waals surface area contributed by atoms with E-state index in [2.05, 4.69) is 10.3 Å². The average molecular weight is 435 g/mol. The molecule has 32 heavy (non-hydrogen) atoms. The van der Waals surface area contributed by atoms with Gasteiger partial charge < -0.3 is 10.2 Å². The highest BCUT2D eigenvalue weighted by molar-refractivity contribution is 5.94. The second-order valence-corrected chi connectivity index (χ2v) is 7.86. The van der Waals surface area contributed by atoms with Crippen LogP contribution in [0.2, 0.25) is 0 Å². The molecule has 1 N–H and O–H groups in total. The average Bonchev–Trinajstić information content (AvgIpc) is 2.78. The molecule has 3 aromatic rings. The number of pyridine rings is 1. The molecule has 4 rings (SSSR count). The summed E-state index contributed by atoms with van der Waals surface area (Å²) in [5.74, 6) is -1.48. The van der Waals surface area contributed by atoms with Gasteiger partial charge in [-0.3, -0.25) is 14.6 Å². The molecule has 164 valence electrons. The Morgan fingerprint density at radius 2 is 1.94 bits per heavy atom. The van der Waals surface area contributed by atoms with Gasteiger partial charge in [0.05, 0.1) is 12.0 Å². The van der Waals surface area contributed by atoms with Gasteiger partial charge in [0, 0.05) is 31.5 Å². The monoisotopic (exact) mass is 435 g/mol. The molecule has 7 heteroatoms. The van der Waals surface area contributed by atoms with Crippen LogP contribution in [0.1, 0.15) is 38.3 Å². The normalized spacial score (nSPS) is 12.9. The van der Waals surface area contributed by atoms with E-state index >= 15 is 0 Å². The van der Waals surface area contributed by atoms with Gasteiger partial charge in [0.2, 0.25) is 5.91 Å². The number of fused-ring (bicyclic) bond motifs is 1. The number of aromatic nitrogens is 1. The molecule has 0 fully saturated rings. The molecule has 0 aliphatic carbocycles. The Labute approximate surface area is 185 Å². The van der Waals surface area contributed by atoms with Gasteiger partial charge in [-0.2, -0.15) is 0 Å². The molecule has 0 spiro atoms. The van der Waals surface area contributed by atoms with Gasteiger partial charge in [0.15, 0.2) is 0 Å². The fourth-order valence-corrected chi connectivity index (χ4v) is 4.01. The molecule has 0 saturated heterocycles. The van der Waals surface area contributed by atoms with E-state index < -0.39 is 11.7 Å². The number of nitrogens with one attached hydrogen (secondary N) is 1. The number of amides is 2. The largest absolute Gasteiger partial charge is 0.348 e. The molecular formula is C25H23F2N3O2. The topological polar surface area (TPSA) is 62.3 Å². The molecule has 1 aliphatic rings. The van der Waals surface area contributed by atoms with E-state index in [1.807, 2.05) is 6.92 Å². The Balaban J connectivity index is 1.46. The van der Waals surface area contributed by atoms with Crippen molar-refractivity contribution in [3.05, 3.63) is 99.9 Å². The first kappa shape index (κ1) is 21.6. The number of aryl methyl sites for hydroxylation is 1. The summed E-state index contributed by atoms with van der Waals surface area (Å²) < 4.78 is 27.3.